The van der Waals surface area contributed by atoms with Gasteiger partial charge in [-0.05, 0) is 74.2 Å². The van der Waals surface area contributed by atoms with Gasteiger partial charge < -0.3 is 10.2 Å². The summed E-state index contributed by atoms with van der Waals surface area (Å²) in [7, 11) is 4.02. The molecule has 0 fully saturated rings. The minimum atomic E-state index is -0.106. The van der Waals surface area contributed by atoms with Crippen molar-refractivity contribution >= 4 is 50.7 Å². The van der Waals surface area contributed by atoms with Crippen molar-refractivity contribution in [1.29, 1.82) is 0 Å². The Kier molecular flexibility index (Phi) is 16.1. The molecule has 6 rings (SSSR count). The zero-order valence-corrected chi connectivity index (χ0v) is 33.4. The number of amides is 2. The number of aromatic nitrogens is 2. The first-order valence-corrected chi connectivity index (χ1v) is 20.0. The van der Waals surface area contributed by atoms with Crippen LogP contribution in [0.1, 0.15) is 85.9 Å². The van der Waals surface area contributed by atoms with E-state index in [0.717, 1.165) is 72.0 Å². The van der Waals surface area contributed by atoms with Crippen LogP contribution in [-0.2, 0) is 0 Å². The first-order chi connectivity index (χ1) is 27.4. The number of anilines is 3. The number of hydrazine groups is 1. The molecule has 56 heavy (non-hydrogen) atoms. The molecular weight excluding hydrogens is 693 g/mol. The van der Waals surface area contributed by atoms with Gasteiger partial charge in [0.2, 0.25) is 0 Å². The molecule has 4 aromatic carbocycles. The molecule has 2 amide bonds. The number of nitrogens with zero attached hydrogens (tertiary/aromatic N) is 5. The van der Waals surface area contributed by atoms with Gasteiger partial charge in [-0.3, -0.25) is 19.6 Å². The Morgan fingerprint density at radius 3 is 2.04 bits per heavy atom. The van der Waals surface area contributed by atoms with Crippen LogP contribution in [0.4, 0.5) is 17.1 Å². The highest BCUT2D eigenvalue weighted by molar-refractivity contribution is 6.08. The highest BCUT2D eigenvalue weighted by Gasteiger charge is 2.22. The van der Waals surface area contributed by atoms with E-state index in [1.54, 1.807) is 17.4 Å². The van der Waals surface area contributed by atoms with E-state index < -0.39 is 0 Å². The van der Waals surface area contributed by atoms with Gasteiger partial charge in [0.05, 0.1) is 40.4 Å². The molecule has 0 spiro atoms. The summed E-state index contributed by atoms with van der Waals surface area (Å²) in [6.07, 6.45) is 17.1. The van der Waals surface area contributed by atoms with E-state index in [0.29, 0.717) is 16.8 Å². The predicted octanol–water partition coefficient (Wildman–Crippen LogP) is 11.4. The zero-order chi connectivity index (χ0) is 39.5. The Hall–Kier alpha value is -5.86. The lowest BCUT2D eigenvalue weighted by Crippen LogP contribution is -2.45. The molecule has 0 bridgehead atoms. The molecule has 0 atom stereocenters. The van der Waals surface area contributed by atoms with Gasteiger partial charge in [-0.15, -0.1) is 0 Å². The highest BCUT2D eigenvalue weighted by atomic mass is 16.2. The fourth-order valence-electron chi connectivity index (χ4n) is 6.58. The molecule has 8 heteroatoms. The normalized spacial score (nSPS) is 11.1. The van der Waals surface area contributed by atoms with E-state index in [4.69, 9.17) is 0 Å². The summed E-state index contributed by atoms with van der Waals surface area (Å²) in [4.78, 5) is 37.4. The van der Waals surface area contributed by atoms with Gasteiger partial charge in [0.15, 0.2) is 0 Å². The summed E-state index contributed by atoms with van der Waals surface area (Å²) < 4.78 is 0. The number of carbonyl (C=O) groups is 2. The quantitative estimate of drug-likeness (QED) is 0.0568. The Morgan fingerprint density at radius 2 is 1.30 bits per heavy atom. The number of allylic oxidation sites excluding steroid dienone is 2. The topological polar surface area (TPSA) is 81.7 Å². The molecular formula is C48H56N6O2. The smallest absolute Gasteiger partial charge is 0.272 e. The number of fused-ring (bicyclic) bond motifs is 2. The number of rotatable bonds is 17. The van der Waals surface area contributed by atoms with E-state index in [9.17, 15) is 9.59 Å². The van der Waals surface area contributed by atoms with Crippen LogP contribution in [-0.4, -0.2) is 54.0 Å². The van der Waals surface area contributed by atoms with Gasteiger partial charge in [-0.25, -0.2) is 10.0 Å². The second kappa shape index (κ2) is 21.9. The van der Waals surface area contributed by atoms with Crippen LogP contribution in [0.25, 0.3) is 21.8 Å². The number of unbranched alkanes of at least 4 members (excludes halogenated alkanes) is 5. The molecule has 0 aliphatic rings. The van der Waals surface area contributed by atoms with Crippen LogP contribution in [0.15, 0.2) is 140 Å². The molecule has 0 aliphatic heterocycles. The summed E-state index contributed by atoms with van der Waals surface area (Å²) in [5.41, 5.74) is 5.64. The number of para-hydroxylation sites is 3. The average molecular weight is 749 g/mol. The van der Waals surface area contributed by atoms with Crippen LogP contribution in [0.5, 0.6) is 0 Å². The molecule has 8 nitrogen and oxygen atoms in total. The molecule has 0 unspecified atom stereocenters. The standard InChI is InChI=1S/C24H29N3O.C24H27N3O/c1-3-4-5-6-11-16-27(2)23-15-10-8-13-21(23)24(28)26-20-17-19-12-7-9-14-22(19)25-18-20;1-3-4-5-6-12-17-26(2)27(24(28)20-13-8-7-9-14-20)22-18-21-15-10-11-16-23(21)25-19-22/h7-10,12-15,17-18H,3-6,11,16H2,1-2H3,(H,26,28);4-5,7-11,13-16,18-19H,3,6,12,17H2,1-2H3. The average Bonchev–Trinajstić information content (AvgIpc) is 3.24. The number of carbonyl (C=O) groups excluding carboxylic acids is 2. The van der Waals surface area contributed by atoms with Gasteiger partial charge in [-0.1, -0.05) is 118 Å². The third kappa shape index (κ3) is 11.8. The maximum absolute atomic E-state index is 13.3. The maximum atomic E-state index is 13.3. The van der Waals surface area contributed by atoms with Crippen LogP contribution < -0.4 is 15.2 Å². The summed E-state index contributed by atoms with van der Waals surface area (Å²) in [5, 5.41) is 8.75. The number of hydrogen-bond acceptors (Lipinski definition) is 6. The zero-order valence-electron chi connectivity index (χ0n) is 33.4. The highest BCUT2D eigenvalue weighted by Crippen LogP contribution is 2.25. The SMILES string of the molecule is CCC=CCCCN(C)N(C(=O)c1ccccc1)c1cnc2ccccc2c1.CCCCCCCN(C)c1ccccc1C(=O)Nc1cnc2ccccc2c1. The third-order valence-corrected chi connectivity index (χ3v) is 9.64. The van der Waals surface area contributed by atoms with Gasteiger partial charge in [0.25, 0.3) is 11.8 Å². The largest absolute Gasteiger partial charge is 0.374 e. The lowest BCUT2D eigenvalue weighted by molar-refractivity contribution is 0.0913. The second-order valence-corrected chi connectivity index (χ2v) is 14.0. The first-order valence-electron chi connectivity index (χ1n) is 20.0. The fourth-order valence-corrected chi connectivity index (χ4v) is 6.58. The van der Waals surface area contributed by atoms with Crippen LogP contribution in [0, 0.1) is 0 Å². The van der Waals surface area contributed by atoms with Crippen molar-refractivity contribution in [2.24, 2.45) is 0 Å². The van der Waals surface area contributed by atoms with Crippen molar-refractivity contribution in [1.82, 2.24) is 15.0 Å². The lowest BCUT2D eigenvalue weighted by atomic mass is 10.1. The lowest BCUT2D eigenvalue weighted by Gasteiger charge is -2.32. The maximum Gasteiger partial charge on any atom is 0.272 e. The van der Waals surface area contributed by atoms with E-state index in [-0.39, 0.29) is 11.8 Å². The molecule has 0 aliphatic carbocycles. The minimum Gasteiger partial charge on any atom is -0.374 e. The predicted molar refractivity (Wildman–Crippen MR) is 234 cm³/mol. The monoisotopic (exact) mass is 748 g/mol. The van der Waals surface area contributed by atoms with E-state index in [1.807, 2.05) is 127 Å². The summed E-state index contributed by atoms with van der Waals surface area (Å²) >= 11 is 0. The number of hydrogen-bond donors (Lipinski definition) is 1. The van der Waals surface area contributed by atoms with Crippen LogP contribution >= 0.6 is 0 Å². The van der Waals surface area contributed by atoms with Crippen LogP contribution in [0.2, 0.25) is 0 Å². The number of pyridine rings is 2. The Labute approximate surface area is 332 Å². The molecule has 290 valence electrons. The van der Waals surface area contributed by atoms with Gasteiger partial charge in [0.1, 0.15) is 0 Å². The van der Waals surface area contributed by atoms with Crippen LogP contribution in [0.3, 0.4) is 0 Å². The number of nitrogens with one attached hydrogen (secondary N) is 1. The summed E-state index contributed by atoms with van der Waals surface area (Å²) in [6.45, 7) is 6.09. The molecule has 2 aromatic heterocycles. The van der Waals surface area contributed by atoms with Crippen molar-refractivity contribution in [3.05, 3.63) is 151 Å². The Bertz CT molecular complexity index is 2170. The third-order valence-electron chi connectivity index (χ3n) is 9.64. The molecule has 0 saturated heterocycles. The fraction of sp³-hybridized carbons (Fsp3) is 0.292. The molecule has 0 radical (unpaired) electrons. The minimum absolute atomic E-state index is 0.0516. The van der Waals surface area contributed by atoms with E-state index in [1.165, 1.54) is 25.7 Å². The molecule has 0 saturated carbocycles. The van der Waals surface area contributed by atoms with E-state index >= 15 is 0 Å². The van der Waals surface area contributed by atoms with Crippen molar-refractivity contribution in [2.45, 2.75) is 65.2 Å². The van der Waals surface area contributed by atoms with Crippen molar-refractivity contribution < 1.29 is 9.59 Å². The molecule has 2 heterocycles. The van der Waals surface area contributed by atoms with Crippen molar-refractivity contribution in [3.8, 4) is 0 Å². The van der Waals surface area contributed by atoms with Crippen molar-refractivity contribution in [2.75, 3.05) is 42.4 Å². The van der Waals surface area contributed by atoms with Gasteiger partial charge >= 0.3 is 0 Å². The summed E-state index contributed by atoms with van der Waals surface area (Å²) in [6, 6.07) is 37.0. The molecule has 1 N–H and O–H groups in total. The van der Waals surface area contributed by atoms with Crippen molar-refractivity contribution in [3.63, 3.8) is 0 Å². The first kappa shape index (κ1) is 41.3. The number of benzene rings is 4. The van der Waals surface area contributed by atoms with Gasteiger partial charge in [-0.2, -0.15) is 0 Å². The van der Waals surface area contributed by atoms with Gasteiger partial charge in [0, 0.05) is 49.2 Å². The summed E-state index contributed by atoms with van der Waals surface area (Å²) in [5.74, 6) is -0.158. The Balaban J connectivity index is 0.000000214. The second-order valence-electron chi connectivity index (χ2n) is 14.0. The van der Waals surface area contributed by atoms with E-state index in [2.05, 4.69) is 53.2 Å². The molecule has 6 aromatic rings. The Morgan fingerprint density at radius 1 is 0.661 bits per heavy atom.